The van der Waals surface area contributed by atoms with Gasteiger partial charge in [-0.15, -0.1) is 6.58 Å². The zero-order valence-electron chi connectivity index (χ0n) is 23.8. The Morgan fingerprint density at radius 2 is 2.00 bits per heavy atom. The van der Waals surface area contributed by atoms with Gasteiger partial charge in [0, 0.05) is 29.9 Å². The number of sulfonamides is 1. The lowest BCUT2D eigenvalue weighted by atomic mass is 10.0. The second kappa shape index (κ2) is 10.9. The molecule has 4 atom stereocenters. The van der Waals surface area contributed by atoms with Crippen LogP contribution in [0.15, 0.2) is 36.0 Å². The Bertz CT molecular complexity index is 1440. The standard InChI is InChI=1S/C28H36FN5O7S/c1-5-16-14-28(16,25(36)33-42(38,39)19-7-8-19)30-24(35)22-13-18(15-34(22)26(37)31-27(2,3)4)41-32-21-10-11-40-23-9-6-17(29)12-20(21)23/h5-6,9,12,16,18-19,22H,1,7-8,10-11,13-15H2,2-4H3,(H,30,35)(H,31,37)(H,33,36)/b32-21+/t16-,18?,22?,28+/m1/s1. The van der Waals surface area contributed by atoms with E-state index in [1.807, 2.05) is 0 Å². The smallest absolute Gasteiger partial charge is 0.318 e. The van der Waals surface area contributed by atoms with Gasteiger partial charge in [0.2, 0.25) is 15.9 Å². The van der Waals surface area contributed by atoms with Gasteiger partial charge in [-0.2, -0.15) is 0 Å². The predicted molar refractivity (Wildman–Crippen MR) is 151 cm³/mol. The van der Waals surface area contributed by atoms with Crippen molar-refractivity contribution in [1.29, 1.82) is 0 Å². The number of carbonyl (C=O) groups is 3. The van der Waals surface area contributed by atoms with Crippen LogP contribution in [-0.2, 0) is 24.4 Å². The van der Waals surface area contributed by atoms with E-state index in [-0.39, 0.29) is 19.4 Å². The average molecular weight is 606 g/mol. The number of oxime groups is 1. The van der Waals surface area contributed by atoms with Crippen molar-refractivity contribution in [2.75, 3.05) is 13.2 Å². The molecule has 2 unspecified atom stereocenters. The monoisotopic (exact) mass is 605 g/mol. The fraction of sp³-hybridized carbons (Fsp3) is 0.571. The minimum atomic E-state index is -3.84. The molecule has 12 nitrogen and oxygen atoms in total. The summed E-state index contributed by atoms with van der Waals surface area (Å²) in [5, 5.41) is 9.21. The molecule has 228 valence electrons. The summed E-state index contributed by atoms with van der Waals surface area (Å²) in [6.07, 6.45) is 2.39. The van der Waals surface area contributed by atoms with Crippen molar-refractivity contribution < 1.29 is 36.8 Å². The molecule has 3 fully saturated rings. The van der Waals surface area contributed by atoms with Crippen LogP contribution in [0.4, 0.5) is 9.18 Å². The summed E-state index contributed by atoms with van der Waals surface area (Å²) in [4.78, 5) is 47.2. The van der Waals surface area contributed by atoms with Gasteiger partial charge in [0.15, 0.2) is 0 Å². The maximum Gasteiger partial charge on any atom is 0.318 e. The number of hydrogen-bond acceptors (Lipinski definition) is 8. The molecule has 2 heterocycles. The molecule has 2 saturated carbocycles. The quantitative estimate of drug-likeness (QED) is 0.302. The van der Waals surface area contributed by atoms with Crippen LogP contribution in [0.25, 0.3) is 0 Å². The number of nitrogens with zero attached hydrogens (tertiary/aromatic N) is 2. The molecule has 2 aliphatic carbocycles. The van der Waals surface area contributed by atoms with Gasteiger partial charge in [0.1, 0.15) is 29.3 Å². The van der Waals surface area contributed by atoms with E-state index in [2.05, 4.69) is 27.1 Å². The minimum Gasteiger partial charge on any atom is -0.492 e. The number of carbonyl (C=O) groups excluding carboxylic acids is 3. The molecule has 4 amide bonds. The van der Waals surface area contributed by atoms with Crippen molar-refractivity contribution >= 4 is 33.6 Å². The number of amides is 4. The minimum absolute atomic E-state index is 0.0173. The summed E-state index contributed by atoms with van der Waals surface area (Å²) in [6, 6.07) is 2.58. The lowest BCUT2D eigenvalue weighted by Gasteiger charge is -2.30. The maximum absolute atomic E-state index is 13.9. The molecule has 0 radical (unpaired) electrons. The van der Waals surface area contributed by atoms with Gasteiger partial charge in [-0.25, -0.2) is 17.6 Å². The SMILES string of the molecule is C=C[C@@H]1C[C@@]1(NC(=O)C1CC(O/N=C2\CCOc3ccc(F)cc32)CN1C(=O)NC(C)(C)C)C(=O)NS(=O)(=O)C1CC1. The molecule has 0 spiro atoms. The van der Waals surface area contributed by atoms with Crippen LogP contribution < -0.4 is 20.1 Å². The van der Waals surface area contributed by atoms with E-state index < -0.39 is 68.1 Å². The zero-order chi connectivity index (χ0) is 30.4. The highest BCUT2D eigenvalue weighted by Gasteiger charge is 2.62. The van der Waals surface area contributed by atoms with Gasteiger partial charge < -0.3 is 25.1 Å². The summed E-state index contributed by atoms with van der Waals surface area (Å²) in [5.41, 5.74) is -1.14. The summed E-state index contributed by atoms with van der Waals surface area (Å²) >= 11 is 0. The highest BCUT2D eigenvalue weighted by Crippen LogP contribution is 2.45. The number of rotatable bonds is 8. The second-order valence-corrected chi connectivity index (χ2v) is 14.2. The van der Waals surface area contributed by atoms with Gasteiger partial charge in [-0.3, -0.25) is 14.3 Å². The van der Waals surface area contributed by atoms with E-state index in [0.717, 1.165) is 0 Å². The summed E-state index contributed by atoms with van der Waals surface area (Å²) in [7, 11) is -3.84. The fourth-order valence-corrected chi connectivity index (χ4v) is 6.60. The molecular formula is C28H36FN5O7S. The number of hydrogen-bond donors (Lipinski definition) is 3. The van der Waals surface area contributed by atoms with E-state index in [0.29, 0.717) is 42.9 Å². The molecule has 4 aliphatic rings. The van der Waals surface area contributed by atoms with Gasteiger partial charge in [-0.05, 0) is 58.2 Å². The molecule has 14 heteroatoms. The topological polar surface area (TPSA) is 156 Å². The van der Waals surface area contributed by atoms with E-state index in [9.17, 15) is 27.2 Å². The molecule has 2 aliphatic heterocycles. The van der Waals surface area contributed by atoms with Crippen LogP contribution in [0, 0.1) is 11.7 Å². The summed E-state index contributed by atoms with van der Waals surface area (Å²) in [5.74, 6) is -1.88. The Labute approximate surface area is 244 Å². The van der Waals surface area contributed by atoms with Crippen molar-refractivity contribution in [2.45, 2.75) is 81.3 Å². The normalized spacial score (nSPS) is 27.9. The molecule has 0 bridgehead atoms. The van der Waals surface area contributed by atoms with E-state index >= 15 is 0 Å². The lowest BCUT2D eigenvalue weighted by molar-refractivity contribution is -0.131. The lowest BCUT2D eigenvalue weighted by Crippen LogP contribution is -2.58. The number of urea groups is 1. The highest BCUT2D eigenvalue weighted by atomic mass is 32.2. The molecule has 1 aromatic carbocycles. The molecule has 5 rings (SSSR count). The molecule has 42 heavy (non-hydrogen) atoms. The maximum atomic E-state index is 13.9. The third-order valence-electron chi connectivity index (χ3n) is 7.72. The Kier molecular flexibility index (Phi) is 7.71. The second-order valence-electron chi connectivity index (χ2n) is 12.3. The first-order valence-corrected chi connectivity index (χ1v) is 15.5. The van der Waals surface area contributed by atoms with Crippen LogP contribution in [0.2, 0.25) is 0 Å². The summed E-state index contributed by atoms with van der Waals surface area (Å²) in [6.45, 7) is 9.47. The Morgan fingerprint density at radius 3 is 2.64 bits per heavy atom. The van der Waals surface area contributed by atoms with E-state index in [4.69, 9.17) is 9.57 Å². The fourth-order valence-electron chi connectivity index (χ4n) is 5.24. The van der Waals surface area contributed by atoms with Gasteiger partial charge in [-0.1, -0.05) is 11.2 Å². The van der Waals surface area contributed by atoms with Crippen molar-refractivity contribution in [2.24, 2.45) is 11.1 Å². The Morgan fingerprint density at radius 1 is 1.26 bits per heavy atom. The van der Waals surface area contributed by atoms with Crippen LogP contribution in [-0.4, -0.2) is 78.5 Å². The third kappa shape index (κ3) is 6.22. The predicted octanol–water partition coefficient (Wildman–Crippen LogP) is 1.95. The zero-order valence-corrected chi connectivity index (χ0v) is 24.6. The highest BCUT2D eigenvalue weighted by molar-refractivity contribution is 7.91. The van der Waals surface area contributed by atoms with Crippen molar-refractivity contribution in [3.05, 3.63) is 42.2 Å². The van der Waals surface area contributed by atoms with Crippen LogP contribution in [0.3, 0.4) is 0 Å². The number of halogens is 1. The first-order chi connectivity index (χ1) is 19.7. The first-order valence-electron chi connectivity index (χ1n) is 14.0. The summed E-state index contributed by atoms with van der Waals surface area (Å²) < 4.78 is 46.5. The number of likely N-dealkylation sites (tertiary alicyclic amines) is 1. The van der Waals surface area contributed by atoms with Gasteiger partial charge in [0.25, 0.3) is 5.91 Å². The third-order valence-corrected chi connectivity index (χ3v) is 9.54. The molecule has 3 N–H and O–H groups in total. The number of ether oxygens (including phenoxy) is 1. The van der Waals surface area contributed by atoms with Crippen LogP contribution in [0.1, 0.15) is 58.4 Å². The van der Waals surface area contributed by atoms with Crippen molar-refractivity contribution in [3.8, 4) is 5.75 Å². The molecule has 1 aromatic rings. The van der Waals surface area contributed by atoms with Gasteiger partial charge >= 0.3 is 6.03 Å². The number of benzene rings is 1. The first kappa shape index (κ1) is 29.8. The van der Waals surface area contributed by atoms with E-state index in [1.165, 1.54) is 29.2 Å². The largest absolute Gasteiger partial charge is 0.492 e. The van der Waals surface area contributed by atoms with E-state index in [1.54, 1.807) is 20.8 Å². The Hall–Kier alpha value is -3.68. The van der Waals surface area contributed by atoms with Crippen molar-refractivity contribution in [1.82, 2.24) is 20.3 Å². The average Bonchev–Trinajstić information content (AvgIpc) is 3.83. The molecule has 0 aromatic heterocycles. The molecular weight excluding hydrogens is 569 g/mol. The van der Waals surface area contributed by atoms with Crippen molar-refractivity contribution in [3.63, 3.8) is 0 Å². The van der Waals surface area contributed by atoms with Crippen LogP contribution in [0.5, 0.6) is 5.75 Å². The van der Waals surface area contributed by atoms with Gasteiger partial charge in [0.05, 0.1) is 24.1 Å². The Balaban J connectivity index is 1.34. The number of nitrogens with one attached hydrogen (secondary N) is 3. The number of fused-ring (bicyclic) bond motifs is 1. The van der Waals surface area contributed by atoms with Crippen LogP contribution >= 0.6 is 0 Å². The molecule has 1 saturated heterocycles.